The molecule has 0 aliphatic carbocycles. The first kappa shape index (κ1) is 24.3. The third kappa shape index (κ3) is 5.91. The Morgan fingerprint density at radius 1 is 1.09 bits per heavy atom. The third-order valence-electron chi connectivity index (χ3n) is 5.26. The summed E-state index contributed by atoms with van der Waals surface area (Å²) < 4.78 is 1.98. The van der Waals surface area contributed by atoms with Crippen LogP contribution in [0.1, 0.15) is 45.1 Å². The molecule has 0 saturated heterocycles. The highest BCUT2D eigenvalue weighted by atomic mass is 35.5. The molecule has 0 spiro atoms. The minimum Gasteiger partial charge on any atom is -0.325 e. The number of nitrogens with zero attached hydrogens (tertiary/aromatic N) is 4. The molecule has 170 valence electrons. The zero-order valence-electron chi connectivity index (χ0n) is 19.4. The summed E-state index contributed by atoms with van der Waals surface area (Å²) >= 11 is 7.43. The van der Waals surface area contributed by atoms with E-state index in [-0.39, 0.29) is 23.1 Å². The highest BCUT2D eigenvalue weighted by molar-refractivity contribution is 7.99. The minimum atomic E-state index is -0.0913. The molecular weight excluding hydrogens is 442 g/mol. The maximum Gasteiger partial charge on any atom is 0.234 e. The fourth-order valence-electron chi connectivity index (χ4n) is 3.09. The monoisotopic (exact) mass is 471 g/mol. The van der Waals surface area contributed by atoms with Crippen molar-refractivity contribution in [2.45, 2.75) is 44.3 Å². The van der Waals surface area contributed by atoms with Gasteiger partial charge in [0.2, 0.25) is 5.91 Å². The number of amides is 1. The highest BCUT2D eigenvalue weighted by Crippen LogP contribution is 2.28. The highest BCUT2D eigenvalue weighted by Gasteiger charge is 2.21. The van der Waals surface area contributed by atoms with Crippen molar-refractivity contribution in [3.05, 3.63) is 64.9 Å². The molecule has 2 aromatic carbocycles. The summed E-state index contributed by atoms with van der Waals surface area (Å²) in [5.41, 5.74) is 2.99. The summed E-state index contributed by atoms with van der Waals surface area (Å²) in [6, 6.07) is 15.6. The molecule has 0 radical (unpaired) electrons. The average molecular weight is 472 g/mol. The van der Waals surface area contributed by atoms with Crippen molar-refractivity contribution in [3.8, 4) is 5.69 Å². The van der Waals surface area contributed by atoms with Gasteiger partial charge in [-0.25, -0.2) is 0 Å². The van der Waals surface area contributed by atoms with E-state index in [1.807, 2.05) is 55.1 Å². The van der Waals surface area contributed by atoms with Gasteiger partial charge in [0.1, 0.15) is 0 Å². The molecule has 0 aliphatic rings. The summed E-state index contributed by atoms with van der Waals surface area (Å²) in [6.07, 6.45) is 0. The van der Waals surface area contributed by atoms with E-state index in [1.54, 1.807) is 0 Å². The number of nitrogens with one attached hydrogen (secondary N) is 1. The van der Waals surface area contributed by atoms with Crippen molar-refractivity contribution < 1.29 is 4.79 Å². The lowest BCUT2D eigenvalue weighted by Crippen LogP contribution is -2.21. The van der Waals surface area contributed by atoms with Crippen LogP contribution in [-0.2, 0) is 10.2 Å². The van der Waals surface area contributed by atoms with Gasteiger partial charge >= 0.3 is 0 Å². The summed E-state index contributed by atoms with van der Waals surface area (Å²) in [4.78, 5) is 14.7. The van der Waals surface area contributed by atoms with Crippen LogP contribution in [-0.4, -0.2) is 45.4 Å². The molecule has 0 aliphatic heterocycles. The van der Waals surface area contributed by atoms with Crippen molar-refractivity contribution in [2.75, 3.05) is 25.2 Å². The molecule has 1 heterocycles. The predicted molar refractivity (Wildman–Crippen MR) is 133 cm³/mol. The number of carbonyl (C=O) groups excluding carboxylic acids is 1. The van der Waals surface area contributed by atoms with Crippen LogP contribution in [0.3, 0.4) is 0 Å². The number of anilines is 1. The number of hydrogen-bond acceptors (Lipinski definition) is 5. The van der Waals surface area contributed by atoms with E-state index >= 15 is 0 Å². The van der Waals surface area contributed by atoms with Crippen molar-refractivity contribution in [2.24, 2.45) is 0 Å². The SMILES string of the molecule is C[C@@H](c1nnc(SCC(=O)Nc2ccc(C(C)(C)C)cc2)n1-c1ccc(Cl)cc1)N(C)C. The van der Waals surface area contributed by atoms with Crippen LogP contribution in [0, 0.1) is 0 Å². The Bertz CT molecular complexity index is 1060. The molecule has 1 amide bonds. The molecule has 1 N–H and O–H groups in total. The number of rotatable bonds is 7. The second-order valence-electron chi connectivity index (χ2n) is 8.96. The Balaban J connectivity index is 1.75. The van der Waals surface area contributed by atoms with Gasteiger partial charge in [-0.2, -0.15) is 0 Å². The first-order valence-corrected chi connectivity index (χ1v) is 11.8. The average Bonchev–Trinajstić information content (AvgIpc) is 3.15. The second kappa shape index (κ2) is 10.1. The maximum atomic E-state index is 12.6. The standard InChI is InChI=1S/C24H30ClN5OS/c1-16(29(5)6)22-27-28-23(30(22)20-13-9-18(25)10-14-20)32-15-21(31)26-19-11-7-17(8-12-19)24(2,3)4/h7-14,16H,15H2,1-6H3,(H,26,31)/t16-/m0/s1. The Hall–Kier alpha value is -2.35. The molecule has 3 aromatic rings. The third-order valence-corrected chi connectivity index (χ3v) is 6.44. The van der Waals surface area contributed by atoms with Gasteiger partial charge in [-0.15, -0.1) is 10.2 Å². The lowest BCUT2D eigenvalue weighted by Gasteiger charge is -2.20. The molecule has 1 aromatic heterocycles. The van der Waals surface area contributed by atoms with Gasteiger partial charge in [0, 0.05) is 16.4 Å². The van der Waals surface area contributed by atoms with Crippen molar-refractivity contribution in [1.82, 2.24) is 19.7 Å². The maximum absolute atomic E-state index is 12.6. The zero-order valence-corrected chi connectivity index (χ0v) is 21.0. The summed E-state index contributed by atoms with van der Waals surface area (Å²) in [5, 5.41) is 13.1. The second-order valence-corrected chi connectivity index (χ2v) is 10.3. The Kier molecular flexibility index (Phi) is 7.64. The first-order chi connectivity index (χ1) is 15.1. The summed E-state index contributed by atoms with van der Waals surface area (Å²) in [7, 11) is 3.99. The molecule has 3 rings (SSSR count). The number of carbonyl (C=O) groups is 1. The predicted octanol–water partition coefficient (Wildman–Crippen LogP) is 5.57. The minimum absolute atomic E-state index is 0.0442. The van der Waals surface area contributed by atoms with E-state index in [9.17, 15) is 4.79 Å². The summed E-state index contributed by atoms with van der Waals surface area (Å²) in [6.45, 7) is 8.57. The molecular formula is C24H30ClN5OS. The Morgan fingerprint density at radius 2 is 1.72 bits per heavy atom. The number of thioether (sulfide) groups is 1. The lowest BCUT2D eigenvalue weighted by atomic mass is 9.87. The lowest BCUT2D eigenvalue weighted by molar-refractivity contribution is -0.113. The molecule has 8 heteroatoms. The van der Waals surface area contributed by atoms with Gasteiger partial charge in [-0.3, -0.25) is 14.3 Å². The Morgan fingerprint density at radius 3 is 2.28 bits per heavy atom. The quantitative estimate of drug-likeness (QED) is 0.456. The van der Waals surface area contributed by atoms with Crippen LogP contribution in [0.15, 0.2) is 53.7 Å². The molecule has 32 heavy (non-hydrogen) atoms. The smallest absolute Gasteiger partial charge is 0.234 e. The van der Waals surface area contributed by atoms with E-state index in [4.69, 9.17) is 11.6 Å². The van der Waals surface area contributed by atoms with Crippen LogP contribution in [0.4, 0.5) is 5.69 Å². The topological polar surface area (TPSA) is 63.1 Å². The number of hydrogen-bond donors (Lipinski definition) is 1. The first-order valence-electron chi connectivity index (χ1n) is 10.5. The van der Waals surface area contributed by atoms with Crippen molar-refractivity contribution in [1.29, 1.82) is 0 Å². The van der Waals surface area contributed by atoms with Crippen LogP contribution in [0.5, 0.6) is 0 Å². The van der Waals surface area contributed by atoms with E-state index in [0.29, 0.717) is 10.2 Å². The van der Waals surface area contributed by atoms with Gasteiger partial charge in [-0.1, -0.05) is 56.3 Å². The van der Waals surface area contributed by atoms with Gasteiger partial charge in [0.15, 0.2) is 11.0 Å². The molecule has 0 unspecified atom stereocenters. The Labute approximate surface area is 199 Å². The summed E-state index contributed by atoms with van der Waals surface area (Å²) in [5.74, 6) is 0.938. The normalized spacial score (nSPS) is 12.8. The van der Waals surface area contributed by atoms with Crippen LogP contribution in [0.2, 0.25) is 5.02 Å². The van der Waals surface area contributed by atoms with Gasteiger partial charge in [0.25, 0.3) is 0 Å². The number of benzene rings is 2. The molecule has 0 fully saturated rings. The fraction of sp³-hybridized carbons (Fsp3) is 0.375. The number of halogens is 1. The molecule has 1 atom stereocenters. The number of aromatic nitrogens is 3. The van der Waals surface area contributed by atoms with Crippen LogP contribution < -0.4 is 5.32 Å². The molecule has 0 saturated carbocycles. The van der Waals surface area contributed by atoms with Gasteiger partial charge in [0.05, 0.1) is 11.8 Å². The largest absolute Gasteiger partial charge is 0.325 e. The van der Waals surface area contributed by atoms with Gasteiger partial charge in [-0.05, 0) is 68.4 Å². The molecule has 0 bridgehead atoms. The van der Waals surface area contributed by atoms with Crippen molar-refractivity contribution >= 4 is 35.0 Å². The van der Waals surface area contributed by atoms with E-state index in [2.05, 4.69) is 60.2 Å². The van der Waals surface area contributed by atoms with Crippen LogP contribution in [0.25, 0.3) is 5.69 Å². The zero-order chi connectivity index (χ0) is 23.5. The van der Waals surface area contributed by atoms with E-state index < -0.39 is 0 Å². The molecule has 6 nitrogen and oxygen atoms in total. The van der Waals surface area contributed by atoms with Gasteiger partial charge < -0.3 is 5.32 Å². The van der Waals surface area contributed by atoms with Crippen LogP contribution >= 0.6 is 23.4 Å². The van der Waals surface area contributed by atoms with E-state index in [1.165, 1.54) is 17.3 Å². The van der Waals surface area contributed by atoms with Crippen molar-refractivity contribution in [3.63, 3.8) is 0 Å². The van der Waals surface area contributed by atoms with E-state index in [0.717, 1.165) is 17.2 Å². The fourth-order valence-corrected chi connectivity index (χ4v) is 3.97.